The molecule has 3 aromatic carbocycles. The molecule has 2 aromatic heterocycles. The summed E-state index contributed by atoms with van der Waals surface area (Å²) in [5, 5.41) is 1.84. The molecule has 0 atom stereocenters. The molecule has 4 nitrogen and oxygen atoms in total. The van der Waals surface area contributed by atoms with Gasteiger partial charge in [-0.1, -0.05) is 40.2 Å². The highest BCUT2D eigenvalue weighted by atomic mass is 79.9. The summed E-state index contributed by atoms with van der Waals surface area (Å²) in [6.45, 7) is 1.92. The van der Waals surface area contributed by atoms with Crippen molar-refractivity contribution >= 4 is 37.9 Å². The lowest BCUT2D eigenvalue weighted by Crippen LogP contribution is -1.99. The topological polar surface area (TPSA) is 52.6 Å². The van der Waals surface area contributed by atoms with E-state index in [2.05, 4.69) is 15.9 Å². The fourth-order valence-electron chi connectivity index (χ4n) is 3.84. The molecule has 148 valence electrons. The van der Waals surface area contributed by atoms with E-state index < -0.39 is 5.63 Å². The van der Waals surface area contributed by atoms with Gasteiger partial charge in [0.1, 0.15) is 16.9 Å². The van der Waals surface area contributed by atoms with E-state index in [0.717, 1.165) is 54.4 Å². The van der Waals surface area contributed by atoms with Crippen molar-refractivity contribution in [1.29, 1.82) is 0 Å². The maximum absolute atomic E-state index is 12.3. The molecular formula is C25H17BrO4. The first-order valence-corrected chi connectivity index (χ1v) is 10.2. The van der Waals surface area contributed by atoms with Gasteiger partial charge in [-0.05, 0) is 53.9 Å². The molecule has 0 amide bonds. The van der Waals surface area contributed by atoms with Crippen molar-refractivity contribution in [1.82, 2.24) is 0 Å². The van der Waals surface area contributed by atoms with Gasteiger partial charge in [0, 0.05) is 32.4 Å². The lowest BCUT2D eigenvalue weighted by molar-refractivity contribution is 0.415. The summed E-state index contributed by atoms with van der Waals surface area (Å²) in [4.78, 5) is 12.3. The average Bonchev–Trinajstić information content (AvgIpc) is 3.19. The van der Waals surface area contributed by atoms with Crippen LogP contribution in [-0.4, -0.2) is 7.11 Å². The van der Waals surface area contributed by atoms with Crippen LogP contribution < -0.4 is 10.4 Å². The second kappa shape index (κ2) is 7.18. The van der Waals surface area contributed by atoms with Crippen molar-refractivity contribution in [2.45, 2.75) is 6.92 Å². The van der Waals surface area contributed by atoms with Crippen LogP contribution >= 0.6 is 15.9 Å². The molecule has 5 aromatic rings. The number of rotatable bonds is 3. The van der Waals surface area contributed by atoms with E-state index in [1.807, 2.05) is 61.5 Å². The van der Waals surface area contributed by atoms with Gasteiger partial charge >= 0.3 is 5.63 Å². The molecular weight excluding hydrogens is 444 g/mol. The van der Waals surface area contributed by atoms with Crippen molar-refractivity contribution < 1.29 is 13.6 Å². The Labute approximate surface area is 180 Å². The summed E-state index contributed by atoms with van der Waals surface area (Å²) in [7, 11) is 1.63. The van der Waals surface area contributed by atoms with Gasteiger partial charge in [-0.3, -0.25) is 0 Å². The minimum atomic E-state index is -0.393. The first kappa shape index (κ1) is 18.7. The zero-order valence-corrected chi connectivity index (χ0v) is 17.9. The van der Waals surface area contributed by atoms with Crippen molar-refractivity contribution in [2.24, 2.45) is 0 Å². The maximum atomic E-state index is 12.3. The Bertz CT molecular complexity index is 1440. The number of aryl methyl sites for hydroxylation is 1. The molecule has 5 heteroatoms. The first-order valence-electron chi connectivity index (χ1n) is 9.44. The van der Waals surface area contributed by atoms with E-state index in [0.29, 0.717) is 5.58 Å². The Kier molecular flexibility index (Phi) is 4.48. The standard InChI is InChI=1S/C25H17BrO4/c1-14-24-21(22(13-29-24)16-3-7-17(26)8-4-16)11-20-19(12-23(27)30-25(14)20)15-5-9-18(28-2)10-6-15/h3-13H,1-2H3. The summed E-state index contributed by atoms with van der Waals surface area (Å²) < 4.78 is 17.8. The summed E-state index contributed by atoms with van der Waals surface area (Å²) in [5.41, 5.74) is 5.45. The summed E-state index contributed by atoms with van der Waals surface area (Å²) >= 11 is 3.48. The molecule has 0 aliphatic carbocycles. The second-order valence-electron chi connectivity index (χ2n) is 7.12. The molecule has 0 fully saturated rings. The van der Waals surface area contributed by atoms with Crippen LogP contribution in [0.1, 0.15) is 5.56 Å². The minimum absolute atomic E-state index is 0.393. The Morgan fingerprint density at radius 1 is 0.833 bits per heavy atom. The summed E-state index contributed by atoms with van der Waals surface area (Å²) in [6, 6.07) is 19.3. The van der Waals surface area contributed by atoms with E-state index in [1.54, 1.807) is 13.4 Å². The highest BCUT2D eigenvalue weighted by Crippen LogP contribution is 2.39. The van der Waals surface area contributed by atoms with Crippen LogP contribution in [-0.2, 0) is 0 Å². The van der Waals surface area contributed by atoms with Crippen molar-refractivity contribution in [2.75, 3.05) is 7.11 Å². The first-order chi connectivity index (χ1) is 14.5. The number of ether oxygens (including phenoxy) is 1. The van der Waals surface area contributed by atoms with Crippen LogP contribution in [0.5, 0.6) is 5.75 Å². The largest absolute Gasteiger partial charge is 0.497 e. The molecule has 5 rings (SSSR count). The third-order valence-corrected chi connectivity index (χ3v) is 5.88. The Morgan fingerprint density at radius 2 is 1.47 bits per heavy atom. The van der Waals surface area contributed by atoms with Gasteiger partial charge < -0.3 is 13.6 Å². The Morgan fingerprint density at radius 3 is 2.17 bits per heavy atom. The molecule has 2 heterocycles. The number of hydrogen-bond donors (Lipinski definition) is 0. The lowest BCUT2D eigenvalue weighted by atomic mass is 9.96. The molecule has 0 saturated heterocycles. The Hall–Kier alpha value is -3.31. The molecule has 0 aliphatic rings. The normalized spacial score (nSPS) is 11.3. The number of methoxy groups -OCH3 is 1. The van der Waals surface area contributed by atoms with Crippen LogP contribution in [0.15, 0.2) is 85.0 Å². The third kappa shape index (κ3) is 3.02. The van der Waals surface area contributed by atoms with E-state index in [9.17, 15) is 4.79 Å². The van der Waals surface area contributed by atoms with Crippen molar-refractivity contribution in [3.8, 4) is 28.0 Å². The van der Waals surface area contributed by atoms with Gasteiger partial charge in [-0.2, -0.15) is 0 Å². The van der Waals surface area contributed by atoms with Crippen LogP contribution in [0, 0.1) is 6.92 Å². The number of halogens is 1. The number of hydrogen-bond acceptors (Lipinski definition) is 4. The smallest absolute Gasteiger partial charge is 0.336 e. The molecule has 0 aliphatic heterocycles. The SMILES string of the molecule is COc1ccc(-c2cc(=O)oc3c(C)c4occ(-c5ccc(Br)cc5)c4cc23)cc1. The predicted molar refractivity (Wildman–Crippen MR) is 122 cm³/mol. The van der Waals surface area contributed by atoms with Crippen LogP contribution in [0.4, 0.5) is 0 Å². The molecule has 0 bridgehead atoms. The zero-order chi connectivity index (χ0) is 20.8. The van der Waals surface area contributed by atoms with Gasteiger partial charge in [-0.15, -0.1) is 0 Å². The number of furan rings is 1. The maximum Gasteiger partial charge on any atom is 0.336 e. The quantitative estimate of drug-likeness (QED) is 0.273. The highest BCUT2D eigenvalue weighted by molar-refractivity contribution is 9.10. The van der Waals surface area contributed by atoms with E-state index in [4.69, 9.17) is 13.6 Å². The van der Waals surface area contributed by atoms with Crippen LogP contribution in [0.25, 0.3) is 44.2 Å². The molecule has 0 unspecified atom stereocenters. The molecule has 0 N–H and O–H groups in total. The molecule has 0 radical (unpaired) electrons. The number of benzene rings is 3. The van der Waals surface area contributed by atoms with Gasteiger partial charge in [0.2, 0.25) is 0 Å². The highest BCUT2D eigenvalue weighted by Gasteiger charge is 2.18. The molecule has 30 heavy (non-hydrogen) atoms. The van der Waals surface area contributed by atoms with Crippen LogP contribution in [0.2, 0.25) is 0 Å². The van der Waals surface area contributed by atoms with Crippen molar-refractivity contribution in [3.63, 3.8) is 0 Å². The van der Waals surface area contributed by atoms with Gasteiger partial charge in [0.15, 0.2) is 0 Å². The molecule has 0 saturated carbocycles. The predicted octanol–water partition coefficient (Wildman–Crippen LogP) is 6.95. The number of fused-ring (bicyclic) bond motifs is 2. The van der Waals surface area contributed by atoms with Crippen molar-refractivity contribution in [3.05, 3.63) is 87.4 Å². The third-order valence-electron chi connectivity index (χ3n) is 5.36. The average molecular weight is 461 g/mol. The fraction of sp³-hybridized carbons (Fsp3) is 0.0800. The zero-order valence-electron chi connectivity index (χ0n) is 16.4. The van der Waals surface area contributed by atoms with Gasteiger partial charge in [-0.25, -0.2) is 4.79 Å². The van der Waals surface area contributed by atoms with Gasteiger partial charge in [0.25, 0.3) is 0 Å². The van der Waals surface area contributed by atoms with E-state index in [1.165, 1.54) is 6.07 Å². The second-order valence-corrected chi connectivity index (χ2v) is 8.03. The van der Waals surface area contributed by atoms with Gasteiger partial charge in [0.05, 0.1) is 13.4 Å². The lowest BCUT2D eigenvalue weighted by Gasteiger charge is -2.09. The monoisotopic (exact) mass is 460 g/mol. The fourth-order valence-corrected chi connectivity index (χ4v) is 4.10. The minimum Gasteiger partial charge on any atom is -0.497 e. The van der Waals surface area contributed by atoms with Crippen LogP contribution in [0.3, 0.4) is 0 Å². The summed E-state index contributed by atoms with van der Waals surface area (Å²) in [5.74, 6) is 0.761. The van der Waals surface area contributed by atoms with E-state index >= 15 is 0 Å². The summed E-state index contributed by atoms with van der Waals surface area (Å²) in [6.07, 6.45) is 1.75. The molecule has 0 spiro atoms. The Balaban J connectivity index is 1.82. The van der Waals surface area contributed by atoms with E-state index in [-0.39, 0.29) is 0 Å².